The van der Waals surface area contributed by atoms with E-state index in [9.17, 15) is 0 Å². The van der Waals surface area contributed by atoms with Crippen molar-refractivity contribution in [2.75, 3.05) is 26.7 Å². The Kier molecular flexibility index (Phi) is 5.38. The van der Waals surface area contributed by atoms with Crippen LogP contribution in [0.15, 0.2) is 36.7 Å². The minimum absolute atomic E-state index is 0.273. The molecule has 1 atom stereocenters. The van der Waals surface area contributed by atoms with E-state index in [0.717, 1.165) is 31.7 Å². The van der Waals surface area contributed by atoms with Gasteiger partial charge in [0, 0.05) is 55.7 Å². The number of pyridine rings is 1. The lowest BCUT2D eigenvalue weighted by molar-refractivity contribution is 0.153. The highest BCUT2D eigenvalue weighted by molar-refractivity contribution is 6.34. The molecule has 4 nitrogen and oxygen atoms in total. The van der Waals surface area contributed by atoms with E-state index >= 15 is 0 Å². The molecule has 1 saturated heterocycles. The molecule has 1 aliphatic rings. The van der Waals surface area contributed by atoms with Gasteiger partial charge in [0.25, 0.3) is 0 Å². The average Bonchev–Trinajstić information content (AvgIpc) is 2.59. The Balaban J connectivity index is 1.84. The van der Waals surface area contributed by atoms with Gasteiger partial charge in [-0.05, 0) is 23.3 Å². The van der Waals surface area contributed by atoms with Gasteiger partial charge in [-0.1, -0.05) is 29.3 Å². The highest BCUT2D eigenvalue weighted by Gasteiger charge is 2.24. The molecular weight excluding hydrogens is 333 g/mol. The number of hydrogen-bond acceptors (Lipinski definition) is 4. The molecule has 1 unspecified atom stereocenters. The summed E-state index contributed by atoms with van der Waals surface area (Å²) in [5.41, 5.74) is 2.21. The van der Waals surface area contributed by atoms with Gasteiger partial charge in [0.2, 0.25) is 0 Å². The molecule has 1 fully saturated rings. The Morgan fingerprint density at radius 1 is 1.35 bits per heavy atom. The zero-order valence-electron chi connectivity index (χ0n) is 12.9. The predicted octanol–water partition coefficient (Wildman–Crippen LogP) is 3.54. The Morgan fingerprint density at radius 2 is 2.22 bits per heavy atom. The maximum atomic E-state index is 6.40. The molecule has 1 N–H and O–H groups in total. The van der Waals surface area contributed by atoms with Crippen LogP contribution in [0.1, 0.15) is 17.2 Å². The van der Waals surface area contributed by atoms with Crippen molar-refractivity contribution in [3.8, 4) is 5.75 Å². The Labute approximate surface area is 146 Å². The maximum absolute atomic E-state index is 6.40. The molecule has 6 heteroatoms. The van der Waals surface area contributed by atoms with Crippen molar-refractivity contribution in [1.29, 1.82) is 0 Å². The Bertz CT molecular complexity index is 666. The molecule has 0 bridgehead atoms. The SMILES string of the molecule is COc1cc(Cl)c(CN2CCNCC2c2cccnc2)cc1Cl. The quantitative estimate of drug-likeness (QED) is 0.913. The summed E-state index contributed by atoms with van der Waals surface area (Å²) in [5, 5.41) is 4.70. The number of nitrogens with zero attached hydrogens (tertiary/aromatic N) is 2. The summed E-state index contributed by atoms with van der Waals surface area (Å²) in [6.07, 6.45) is 3.72. The molecule has 2 heterocycles. The average molecular weight is 352 g/mol. The number of halogens is 2. The van der Waals surface area contributed by atoms with Crippen molar-refractivity contribution < 1.29 is 4.74 Å². The third-order valence-electron chi connectivity index (χ3n) is 4.12. The number of piperazine rings is 1. The molecule has 122 valence electrons. The number of ether oxygens (including phenoxy) is 1. The molecule has 1 aromatic carbocycles. The first kappa shape index (κ1) is 16.5. The smallest absolute Gasteiger partial charge is 0.138 e. The van der Waals surface area contributed by atoms with Crippen molar-refractivity contribution in [3.63, 3.8) is 0 Å². The van der Waals surface area contributed by atoms with Crippen LogP contribution in [0.5, 0.6) is 5.75 Å². The van der Waals surface area contributed by atoms with E-state index in [0.29, 0.717) is 15.8 Å². The molecular formula is C17H19Cl2N3O. The van der Waals surface area contributed by atoms with E-state index in [2.05, 4.69) is 21.3 Å². The van der Waals surface area contributed by atoms with Crippen LogP contribution in [-0.4, -0.2) is 36.6 Å². The van der Waals surface area contributed by atoms with Gasteiger partial charge in [0.05, 0.1) is 12.1 Å². The lowest BCUT2D eigenvalue weighted by Crippen LogP contribution is -2.45. The molecule has 0 spiro atoms. The van der Waals surface area contributed by atoms with E-state index in [4.69, 9.17) is 27.9 Å². The molecule has 23 heavy (non-hydrogen) atoms. The van der Waals surface area contributed by atoms with E-state index in [1.54, 1.807) is 19.4 Å². The second kappa shape index (κ2) is 7.49. The van der Waals surface area contributed by atoms with Crippen LogP contribution >= 0.6 is 23.2 Å². The maximum Gasteiger partial charge on any atom is 0.138 e. The largest absolute Gasteiger partial charge is 0.495 e. The van der Waals surface area contributed by atoms with Crippen LogP contribution in [0.4, 0.5) is 0 Å². The summed E-state index contributed by atoms with van der Waals surface area (Å²) in [4.78, 5) is 6.64. The molecule has 0 amide bonds. The fourth-order valence-corrected chi connectivity index (χ4v) is 3.38. The van der Waals surface area contributed by atoms with Crippen molar-refractivity contribution in [2.45, 2.75) is 12.6 Å². The van der Waals surface area contributed by atoms with Gasteiger partial charge in [-0.25, -0.2) is 0 Å². The minimum atomic E-state index is 0.273. The summed E-state index contributed by atoms with van der Waals surface area (Å²) in [6.45, 7) is 3.54. The van der Waals surface area contributed by atoms with Gasteiger partial charge >= 0.3 is 0 Å². The Hall–Kier alpha value is -1.33. The summed E-state index contributed by atoms with van der Waals surface area (Å²) >= 11 is 12.6. The van der Waals surface area contributed by atoms with Crippen LogP contribution in [0.3, 0.4) is 0 Å². The number of hydrogen-bond donors (Lipinski definition) is 1. The van der Waals surface area contributed by atoms with Crippen molar-refractivity contribution >= 4 is 23.2 Å². The molecule has 1 aliphatic heterocycles. The first-order chi connectivity index (χ1) is 11.2. The highest BCUT2D eigenvalue weighted by atomic mass is 35.5. The zero-order chi connectivity index (χ0) is 16.2. The first-order valence-electron chi connectivity index (χ1n) is 7.55. The van der Waals surface area contributed by atoms with Gasteiger partial charge in [-0.15, -0.1) is 0 Å². The molecule has 0 saturated carbocycles. The summed E-state index contributed by atoms with van der Waals surface area (Å²) in [7, 11) is 1.59. The standard InChI is InChI=1S/C17H19Cl2N3O/c1-23-17-8-14(18)13(7-15(17)19)11-22-6-5-21-10-16(22)12-3-2-4-20-9-12/h2-4,7-9,16,21H,5-6,10-11H2,1H3. The van der Waals surface area contributed by atoms with E-state index in [1.165, 1.54) is 5.56 Å². The molecule has 3 rings (SSSR count). The summed E-state index contributed by atoms with van der Waals surface area (Å²) in [6, 6.07) is 8.03. The van der Waals surface area contributed by atoms with Crippen LogP contribution in [0.25, 0.3) is 0 Å². The summed E-state index contributed by atoms with van der Waals surface area (Å²) in [5.74, 6) is 0.601. The van der Waals surface area contributed by atoms with Crippen LogP contribution in [-0.2, 0) is 6.54 Å². The summed E-state index contributed by atoms with van der Waals surface area (Å²) < 4.78 is 5.21. The second-order valence-corrected chi connectivity index (χ2v) is 6.37. The lowest BCUT2D eigenvalue weighted by Gasteiger charge is -2.36. The monoisotopic (exact) mass is 351 g/mol. The van der Waals surface area contributed by atoms with E-state index < -0.39 is 0 Å². The first-order valence-corrected chi connectivity index (χ1v) is 8.31. The number of nitrogens with one attached hydrogen (secondary N) is 1. The van der Waals surface area contributed by atoms with Gasteiger partial charge in [0.1, 0.15) is 5.75 Å². The second-order valence-electron chi connectivity index (χ2n) is 5.55. The van der Waals surface area contributed by atoms with E-state index in [-0.39, 0.29) is 6.04 Å². The third kappa shape index (κ3) is 3.78. The molecule has 2 aromatic rings. The molecule has 1 aromatic heterocycles. The van der Waals surface area contributed by atoms with E-state index in [1.807, 2.05) is 18.3 Å². The fourth-order valence-electron chi connectivity index (χ4n) is 2.90. The van der Waals surface area contributed by atoms with Crippen molar-refractivity contribution in [3.05, 3.63) is 57.8 Å². The van der Waals surface area contributed by atoms with Gasteiger partial charge in [-0.3, -0.25) is 9.88 Å². The van der Waals surface area contributed by atoms with Crippen LogP contribution in [0, 0.1) is 0 Å². The highest BCUT2D eigenvalue weighted by Crippen LogP contribution is 2.33. The van der Waals surface area contributed by atoms with Crippen molar-refractivity contribution in [1.82, 2.24) is 15.2 Å². The van der Waals surface area contributed by atoms with Gasteiger partial charge in [0.15, 0.2) is 0 Å². The normalized spacial score (nSPS) is 18.8. The van der Waals surface area contributed by atoms with Crippen LogP contribution < -0.4 is 10.1 Å². The van der Waals surface area contributed by atoms with Gasteiger partial charge in [-0.2, -0.15) is 0 Å². The Morgan fingerprint density at radius 3 is 2.96 bits per heavy atom. The molecule has 0 aliphatic carbocycles. The topological polar surface area (TPSA) is 37.4 Å². The number of aromatic nitrogens is 1. The van der Waals surface area contributed by atoms with Gasteiger partial charge < -0.3 is 10.1 Å². The third-order valence-corrected chi connectivity index (χ3v) is 4.76. The number of benzene rings is 1. The number of rotatable bonds is 4. The predicted molar refractivity (Wildman–Crippen MR) is 93.3 cm³/mol. The van der Waals surface area contributed by atoms with Crippen molar-refractivity contribution in [2.24, 2.45) is 0 Å². The number of methoxy groups -OCH3 is 1. The fraction of sp³-hybridized carbons (Fsp3) is 0.353. The lowest BCUT2D eigenvalue weighted by atomic mass is 10.0. The zero-order valence-corrected chi connectivity index (χ0v) is 14.4. The van der Waals surface area contributed by atoms with Crippen LogP contribution in [0.2, 0.25) is 10.0 Å². The molecule has 0 radical (unpaired) electrons. The minimum Gasteiger partial charge on any atom is -0.495 e.